The van der Waals surface area contributed by atoms with Gasteiger partial charge in [0.15, 0.2) is 6.23 Å². The Kier molecular flexibility index (Phi) is 6.35. The molecule has 0 saturated heterocycles. The first-order valence-electron chi connectivity index (χ1n) is 7.64. The topological polar surface area (TPSA) is 50.4 Å². The predicted octanol–water partition coefficient (Wildman–Crippen LogP) is 5.66. The van der Waals surface area contributed by atoms with Crippen molar-refractivity contribution in [3.05, 3.63) is 58.1 Å². The zero-order chi connectivity index (χ0) is 17.7. The van der Waals surface area contributed by atoms with Crippen molar-refractivity contribution < 1.29 is 9.53 Å². The number of benzene rings is 2. The first-order chi connectivity index (χ1) is 11.3. The number of urea groups is 1. The molecule has 0 bridgehead atoms. The Labute approximate surface area is 152 Å². The number of nitrogens with one attached hydrogen (secondary N) is 2. The molecule has 0 aromatic heterocycles. The Morgan fingerprint density at radius 3 is 2.29 bits per heavy atom. The third kappa shape index (κ3) is 5.32. The Morgan fingerprint density at radius 1 is 1.04 bits per heavy atom. The molecule has 0 spiro atoms. The van der Waals surface area contributed by atoms with E-state index in [1.54, 1.807) is 25.1 Å². The lowest BCUT2D eigenvalue weighted by atomic mass is 10.0. The first-order valence-corrected chi connectivity index (χ1v) is 8.40. The Morgan fingerprint density at radius 2 is 1.67 bits per heavy atom. The maximum atomic E-state index is 12.1. The van der Waals surface area contributed by atoms with Crippen molar-refractivity contribution in [1.82, 2.24) is 5.32 Å². The Bertz CT molecular complexity index is 700. The van der Waals surface area contributed by atoms with E-state index >= 15 is 0 Å². The number of hydrogen-bond donors (Lipinski definition) is 2. The SMILES string of the molecule is CC(NC(=O)Nc1cc(Cl)cc(Cl)c1)Oc1ccccc1C(C)C. The molecule has 0 aliphatic heterocycles. The van der Waals surface area contributed by atoms with E-state index in [0.717, 1.165) is 11.3 Å². The van der Waals surface area contributed by atoms with Gasteiger partial charge in [-0.1, -0.05) is 55.2 Å². The zero-order valence-electron chi connectivity index (χ0n) is 13.8. The molecule has 128 valence electrons. The fourth-order valence-corrected chi connectivity index (χ4v) is 2.79. The van der Waals surface area contributed by atoms with E-state index in [2.05, 4.69) is 24.5 Å². The van der Waals surface area contributed by atoms with E-state index in [9.17, 15) is 4.79 Å². The van der Waals surface area contributed by atoms with Gasteiger partial charge < -0.3 is 15.4 Å². The van der Waals surface area contributed by atoms with E-state index in [4.69, 9.17) is 27.9 Å². The summed E-state index contributed by atoms with van der Waals surface area (Å²) in [7, 11) is 0. The smallest absolute Gasteiger partial charge is 0.322 e. The summed E-state index contributed by atoms with van der Waals surface area (Å²) in [6.07, 6.45) is -0.500. The monoisotopic (exact) mass is 366 g/mol. The quantitative estimate of drug-likeness (QED) is 0.670. The fourth-order valence-electron chi connectivity index (χ4n) is 2.26. The molecule has 2 rings (SSSR count). The minimum atomic E-state index is -0.500. The maximum absolute atomic E-state index is 12.1. The lowest BCUT2D eigenvalue weighted by Gasteiger charge is -2.20. The van der Waals surface area contributed by atoms with Crippen molar-refractivity contribution in [3.63, 3.8) is 0 Å². The van der Waals surface area contributed by atoms with Crippen molar-refractivity contribution in [2.75, 3.05) is 5.32 Å². The van der Waals surface area contributed by atoms with Gasteiger partial charge in [-0.25, -0.2) is 4.79 Å². The summed E-state index contributed by atoms with van der Waals surface area (Å²) < 4.78 is 5.84. The molecule has 1 atom stereocenters. The number of hydrogen-bond acceptors (Lipinski definition) is 2. The number of amides is 2. The summed E-state index contributed by atoms with van der Waals surface area (Å²) in [5, 5.41) is 6.31. The molecule has 0 saturated carbocycles. The number of para-hydroxylation sites is 1. The van der Waals surface area contributed by atoms with Gasteiger partial charge in [0.2, 0.25) is 0 Å². The number of anilines is 1. The summed E-state index contributed by atoms with van der Waals surface area (Å²) >= 11 is 11.8. The van der Waals surface area contributed by atoms with Crippen LogP contribution in [0, 0.1) is 0 Å². The van der Waals surface area contributed by atoms with Crippen molar-refractivity contribution in [1.29, 1.82) is 0 Å². The molecule has 6 heteroatoms. The first kappa shape index (κ1) is 18.4. The molecule has 2 N–H and O–H groups in total. The summed E-state index contributed by atoms with van der Waals surface area (Å²) in [5.41, 5.74) is 1.60. The molecule has 2 amide bonds. The van der Waals surface area contributed by atoms with Crippen LogP contribution in [-0.2, 0) is 0 Å². The molecule has 24 heavy (non-hydrogen) atoms. The molecule has 2 aromatic carbocycles. The van der Waals surface area contributed by atoms with Crippen LogP contribution in [0.2, 0.25) is 10.0 Å². The van der Waals surface area contributed by atoms with E-state index < -0.39 is 12.3 Å². The van der Waals surface area contributed by atoms with Gasteiger partial charge in [0.1, 0.15) is 5.75 Å². The highest BCUT2D eigenvalue weighted by Gasteiger charge is 2.13. The van der Waals surface area contributed by atoms with Crippen LogP contribution in [0.3, 0.4) is 0 Å². The lowest BCUT2D eigenvalue weighted by molar-refractivity contribution is 0.181. The van der Waals surface area contributed by atoms with Gasteiger partial charge in [0.25, 0.3) is 0 Å². The number of carbonyl (C=O) groups is 1. The normalized spacial score (nSPS) is 11.9. The Hall–Kier alpha value is -1.91. The molecular formula is C18H20Cl2N2O2. The maximum Gasteiger partial charge on any atom is 0.322 e. The van der Waals surface area contributed by atoms with Gasteiger partial charge in [-0.3, -0.25) is 0 Å². The largest absolute Gasteiger partial charge is 0.471 e. The highest BCUT2D eigenvalue weighted by molar-refractivity contribution is 6.35. The number of carbonyl (C=O) groups excluding carboxylic acids is 1. The lowest BCUT2D eigenvalue weighted by Crippen LogP contribution is -2.39. The zero-order valence-corrected chi connectivity index (χ0v) is 15.3. The second kappa shape index (κ2) is 8.27. The van der Waals surface area contributed by atoms with Gasteiger partial charge in [-0.2, -0.15) is 0 Å². The predicted molar refractivity (Wildman–Crippen MR) is 99.2 cm³/mol. The average molecular weight is 367 g/mol. The van der Waals surface area contributed by atoms with E-state index in [-0.39, 0.29) is 0 Å². The second-order valence-electron chi connectivity index (χ2n) is 5.71. The van der Waals surface area contributed by atoms with Gasteiger partial charge in [-0.15, -0.1) is 0 Å². The van der Waals surface area contributed by atoms with Crippen LogP contribution in [0.25, 0.3) is 0 Å². The van der Waals surface area contributed by atoms with E-state index in [0.29, 0.717) is 21.7 Å². The third-order valence-corrected chi connectivity index (χ3v) is 3.74. The van der Waals surface area contributed by atoms with Gasteiger partial charge in [0, 0.05) is 15.7 Å². The summed E-state index contributed by atoms with van der Waals surface area (Å²) in [6.45, 7) is 5.95. The summed E-state index contributed by atoms with van der Waals surface area (Å²) in [6, 6.07) is 12.2. The number of rotatable bonds is 5. The highest BCUT2D eigenvalue weighted by atomic mass is 35.5. The van der Waals surface area contributed by atoms with Gasteiger partial charge >= 0.3 is 6.03 Å². The van der Waals surface area contributed by atoms with Crippen LogP contribution in [0.1, 0.15) is 32.3 Å². The minimum Gasteiger partial charge on any atom is -0.471 e. The van der Waals surface area contributed by atoms with Crippen molar-refractivity contribution in [2.45, 2.75) is 32.9 Å². The molecule has 0 fully saturated rings. The molecule has 4 nitrogen and oxygen atoms in total. The van der Waals surface area contributed by atoms with E-state index in [1.165, 1.54) is 0 Å². The van der Waals surface area contributed by atoms with Crippen LogP contribution in [-0.4, -0.2) is 12.3 Å². The molecular weight excluding hydrogens is 347 g/mol. The highest BCUT2D eigenvalue weighted by Crippen LogP contribution is 2.26. The third-order valence-electron chi connectivity index (χ3n) is 3.30. The molecule has 1 unspecified atom stereocenters. The number of halogens is 2. The molecule has 0 heterocycles. The molecule has 0 radical (unpaired) electrons. The standard InChI is InChI=1S/C18H20Cl2N2O2/c1-11(2)16-6-4-5-7-17(16)24-12(3)21-18(23)22-15-9-13(19)8-14(20)10-15/h4-12H,1-3H3,(H2,21,22,23). The van der Waals surface area contributed by atoms with Gasteiger partial charge in [-0.05, 0) is 42.7 Å². The van der Waals surface area contributed by atoms with Crippen LogP contribution in [0.4, 0.5) is 10.5 Å². The molecule has 0 aliphatic rings. The number of ether oxygens (including phenoxy) is 1. The average Bonchev–Trinajstić information content (AvgIpc) is 2.45. The molecule has 2 aromatic rings. The van der Waals surface area contributed by atoms with Crippen LogP contribution in [0.15, 0.2) is 42.5 Å². The van der Waals surface area contributed by atoms with Crippen LogP contribution < -0.4 is 15.4 Å². The second-order valence-corrected chi connectivity index (χ2v) is 6.58. The van der Waals surface area contributed by atoms with Crippen LogP contribution >= 0.6 is 23.2 Å². The molecule has 0 aliphatic carbocycles. The van der Waals surface area contributed by atoms with Crippen molar-refractivity contribution in [3.8, 4) is 5.75 Å². The van der Waals surface area contributed by atoms with Crippen LogP contribution in [0.5, 0.6) is 5.75 Å². The summed E-state index contributed by atoms with van der Waals surface area (Å²) in [5.74, 6) is 1.09. The Balaban J connectivity index is 1.97. The van der Waals surface area contributed by atoms with Gasteiger partial charge in [0.05, 0.1) is 0 Å². The van der Waals surface area contributed by atoms with E-state index in [1.807, 2.05) is 24.3 Å². The summed E-state index contributed by atoms with van der Waals surface area (Å²) in [4.78, 5) is 12.1. The van der Waals surface area contributed by atoms with Crippen molar-refractivity contribution in [2.24, 2.45) is 0 Å². The minimum absolute atomic E-state index is 0.329. The van der Waals surface area contributed by atoms with Crippen molar-refractivity contribution >= 4 is 34.9 Å². The fraction of sp³-hybridized carbons (Fsp3) is 0.278.